The fraction of sp³-hybridized carbons (Fsp3) is 0.400. The summed E-state index contributed by atoms with van der Waals surface area (Å²) in [5.74, 6) is 2.30. The molecule has 96 valence electrons. The minimum absolute atomic E-state index is 0.227. The van der Waals surface area contributed by atoms with Crippen LogP contribution < -0.4 is 0 Å². The van der Waals surface area contributed by atoms with Gasteiger partial charge in [0, 0.05) is 23.4 Å². The summed E-state index contributed by atoms with van der Waals surface area (Å²) in [7, 11) is 0. The lowest BCUT2D eigenvalue weighted by atomic mass is 9.95. The second-order valence-electron chi connectivity index (χ2n) is 4.70. The molecule has 2 aromatic heterocycles. The average molecular weight is 308 g/mol. The SMILES string of the molecule is Cc1oc(C)c(C(Br)C(C)c2ccccn2)c1C. The first kappa shape index (κ1) is 13.3. The highest BCUT2D eigenvalue weighted by atomic mass is 79.9. The lowest BCUT2D eigenvalue weighted by molar-refractivity contribution is 0.498. The standard InChI is InChI=1S/C15H18BrNO/c1-9-11(3)18-12(4)14(9)15(16)10(2)13-7-5-6-8-17-13/h5-8,10,15H,1-4H3. The summed E-state index contributed by atoms with van der Waals surface area (Å²) in [4.78, 5) is 4.66. The molecule has 2 unspecified atom stereocenters. The van der Waals surface area contributed by atoms with Gasteiger partial charge in [-0.2, -0.15) is 0 Å². The number of hydrogen-bond acceptors (Lipinski definition) is 2. The van der Waals surface area contributed by atoms with Crippen LogP contribution in [0, 0.1) is 20.8 Å². The fourth-order valence-corrected chi connectivity index (χ4v) is 3.20. The van der Waals surface area contributed by atoms with Gasteiger partial charge in [-0.05, 0) is 38.5 Å². The zero-order valence-corrected chi connectivity index (χ0v) is 12.8. The van der Waals surface area contributed by atoms with E-state index >= 15 is 0 Å². The Hall–Kier alpha value is -1.09. The van der Waals surface area contributed by atoms with Gasteiger partial charge in [0.1, 0.15) is 11.5 Å². The topological polar surface area (TPSA) is 26.0 Å². The van der Waals surface area contributed by atoms with Crippen molar-refractivity contribution in [2.24, 2.45) is 0 Å². The molecule has 0 aliphatic rings. The van der Waals surface area contributed by atoms with Gasteiger partial charge < -0.3 is 4.42 Å². The van der Waals surface area contributed by atoms with Crippen molar-refractivity contribution in [1.29, 1.82) is 0 Å². The Bertz CT molecular complexity index is 533. The minimum Gasteiger partial charge on any atom is -0.466 e. The van der Waals surface area contributed by atoms with Crippen LogP contribution in [0.15, 0.2) is 28.8 Å². The number of aromatic nitrogens is 1. The summed E-state index contributed by atoms with van der Waals surface area (Å²) in [6.45, 7) is 8.33. The fourth-order valence-electron chi connectivity index (χ4n) is 2.26. The summed E-state index contributed by atoms with van der Waals surface area (Å²) in [5, 5.41) is 0. The van der Waals surface area contributed by atoms with Crippen molar-refractivity contribution in [2.75, 3.05) is 0 Å². The molecule has 3 heteroatoms. The van der Waals surface area contributed by atoms with E-state index in [1.165, 1.54) is 11.1 Å². The molecule has 2 nitrogen and oxygen atoms in total. The molecule has 0 radical (unpaired) electrons. The van der Waals surface area contributed by atoms with Crippen molar-refractivity contribution in [3.63, 3.8) is 0 Å². The normalized spacial score (nSPS) is 14.5. The van der Waals surface area contributed by atoms with Crippen LogP contribution in [0.2, 0.25) is 0 Å². The predicted molar refractivity (Wildman–Crippen MR) is 77.2 cm³/mol. The average Bonchev–Trinajstić information content (AvgIpc) is 2.63. The first-order valence-corrected chi connectivity index (χ1v) is 7.05. The van der Waals surface area contributed by atoms with Gasteiger partial charge in [0.2, 0.25) is 0 Å². The molecule has 2 heterocycles. The molecule has 0 aliphatic heterocycles. The van der Waals surface area contributed by atoms with Gasteiger partial charge in [-0.15, -0.1) is 0 Å². The smallest absolute Gasteiger partial charge is 0.105 e. The first-order valence-electron chi connectivity index (χ1n) is 6.13. The largest absolute Gasteiger partial charge is 0.466 e. The second-order valence-corrected chi connectivity index (χ2v) is 5.68. The maximum atomic E-state index is 5.70. The maximum absolute atomic E-state index is 5.70. The highest BCUT2D eigenvalue weighted by molar-refractivity contribution is 9.09. The predicted octanol–water partition coefficient (Wildman–Crippen LogP) is 4.84. The molecule has 0 saturated heterocycles. The number of pyridine rings is 1. The summed E-state index contributed by atoms with van der Waals surface area (Å²) in [5.41, 5.74) is 3.58. The summed E-state index contributed by atoms with van der Waals surface area (Å²) in [6, 6.07) is 6.04. The number of nitrogens with zero attached hydrogens (tertiary/aromatic N) is 1. The number of rotatable bonds is 3. The van der Waals surface area contributed by atoms with Crippen molar-refractivity contribution in [2.45, 2.75) is 38.4 Å². The molecule has 2 rings (SSSR count). The van der Waals surface area contributed by atoms with Crippen molar-refractivity contribution in [3.8, 4) is 0 Å². The number of alkyl halides is 1. The molecule has 2 aromatic rings. The molecule has 0 spiro atoms. The Kier molecular flexibility index (Phi) is 3.91. The molecular formula is C15H18BrNO. The molecule has 0 aliphatic carbocycles. The van der Waals surface area contributed by atoms with Crippen molar-refractivity contribution in [1.82, 2.24) is 4.98 Å². The van der Waals surface area contributed by atoms with E-state index in [1.54, 1.807) is 0 Å². The second kappa shape index (κ2) is 5.27. The van der Waals surface area contributed by atoms with Crippen LogP contribution in [0.5, 0.6) is 0 Å². The van der Waals surface area contributed by atoms with Gasteiger partial charge in [-0.25, -0.2) is 0 Å². The third kappa shape index (κ3) is 2.37. The van der Waals surface area contributed by atoms with Crippen LogP contribution in [0.3, 0.4) is 0 Å². The van der Waals surface area contributed by atoms with Crippen LogP contribution in [-0.4, -0.2) is 4.98 Å². The van der Waals surface area contributed by atoms with Crippen LogP contribution in [0.1, 0.15) is 46.0 Å². The number of furan rings is 1. The van der Waals surface area contributed by atoms with Gasteiger partial charge >= 0.3 is 0 Å². The third-order valence-corrected chi connectivity index (χ3v) is 4.74. The first-order chi connectivity index (χ1) is 8.52. The third-order valence-electron chi connectivity index (χ3n) is 3.49. The van der Waals surface area contributed by atoms with Gasteiger partial charge in [0.05, 0.1) is 4.83 Å². The molecule has 0 bridgehead atoms. The van der Waals surface area contributed by atoms with Crippen molar-refractivity contribution < 1.29 is 4.42 Å². The molecule has 0 N–H and O–H groups in total. The summed E-state index contributed by atoms with van der Waals surface area (Å²) in [6.07, 6.45) is 1.84. The Morgan fingerprint density at radius 1 is 1.17 bits per heavy atom. The lowest BCUT2D eigenvalue weighted by Gasteiger charge is -2.18. The maximum Gasteiger partial charge on any atom is 0.105 e. The van der Waals surface area contributed by atoms with E-state index in [1.807, 2.05) is 32.2 Å². The number of halogens is 1. The lowest BCUT2D eigenvalue weighted by Crippen LogP contribution is -2.05. The van der Waals surface area contributed by atoms with E-state index < -0.39 is 0 Å². The molecule has 0 saturated carbocycles. The van der Waals surface area contributed by atoms with E-state index in [-0.39, 0.29) is 4.83 Å². The van der Waals surface area contributed by atoms with Crippen LogP contribution >= 0.6 is 15.9 Å². The van der Waals surface area contributed by atoms with Gasteiger partial charge in [0.15, 0.2) is 0 Å². The Morgan fingerprint density at radius 2 is 1.89 bits per heavy atom. The number of aryl methyl sites for hydroxylation is 2. The van der Waals surface area contributed by atoms with Crippen molar-refractivity contribution >= 4 is 15.9 Å². The Balaban J connectivity index is 2.34. The van der Waals surface area contributed by atoms with Crippen LogP contribution in [0.25, 0.3) is 0 Å². The molecule has 18 heavy (non-hydrogen) atoms. The molecule has 0 amide bonds. The molecular weight excluding hydrogens is 290 g/mol. The highest BCUT2D eigenvalue weighted by Gasteiger charge is 2.25. The minimum atomic E-state index is 0.227. The molecule has 0 aromatic carbocycles. The van der Waals surface area contributed by atoms with Crippen molar-refractivity contribution in [3.05, 3.63) is 52.7 Å². The monoisotopic (exact) mass is 307 g/mol. The summed E-state index contributed by atoms with van der Waals surface area (Å²) < 4.78 is 5.70. The van der Waals surface area contributed by atoms with E-state index in [4.69, 9.17) is 4.42 Å². The number of hydrogen-bond donors (Lipinski definition) is 0. The van der Waals surface area contributed by atoms with E-state index in [0.29, 0.717) is 5.92 Å². The van der Waals surface area contributed by atoms with E-state index in [9.17, 15) is 0 Å². The zero-order valence-electron chi connectivity index (χ0n) is 11.2. The van der Waals surface area contributed by atoms with Crippen LogP contribution in [-0.2, 0) is 0 Å². The molecule has 0 fully saturated rings. The van der Waals surface area contributed by atoms with Gasteiger partial charge in [0.25, 0.3) is 0 Å². The van der Waals surface area contributed by atoms with Crippen LogP contribution in [0.4, 0.5) is 0 Å². The quantitative estimate of drug-likeness (QED) is 0.758. The highest BCUT2D eigenvalue weighted by Crippen LogP contribution is 2.41. The Labute approximate surface area is 117 Å². The van der Waals surface area contributed by atoms with Gasteiger partial charge in [-0.1, -0.05) is 28.9 Å². The zero-order chi connectivity index (χ0) is 13.3. The van der Waals surface area contributed by atoms with Gasteiger partial charge in [-0.3, -0.25) is 4.98 Å². The van der Waals surface area contributed by atoms with E-state index in [2.05, 4.69) is 40.8 Å². The van der Waals surface area contributed by atoms with E-state index in [0.717, 1.165) is 17.2 Å². The summed E-state index contributed by atoms with van der Waals surface area (Å²) >= 11 is 3.80. The Morgan fingerprint density at radius 3 is 2.39 bits per heavy atom. The molecule has 2 atom stereocenters.